The molecule has 1 aliphatic carbocycles. The standard InChI is InChI=1S/C30H37N5O2/c1-3-21-11-15-35(16-12-21)33-24-8-6-7-23-26(24)30(36)27-28(31-32-29(23)27)22-9-10-25(20(2)19-22)37-18-17-34-13-4-5-14-34/h6-10,19,21,33H,3-5,11-18H2,1-2H3,(H,31,32). The van der Waals surface area contributed by atoms with Gasteiger partial charge in [-0.2, -0.15) is 5.10 Å². The Morgan fingerprint density at radius 2 is 1.89 bits per heavy atom. The van der Waals surface area contributed by atoms with E-state index in [2.05, 4.69) is 45.4 Å². The van der Waals surface area contributed by atoms with Gasteiger partial charge in [-0.25, -0.2) is 5.01 Å². The average molecular weight is 500 g/mol. The minimum atomic E-state index is 0.0314. The number of nitrogens with zero attached hydrogens (tertiary/aromatic N) is 3. The minimum Gasteiger partial charge on any atom is -0.492 e. The van der Waals surface area contributed by atoms with Gasteiger partial charge >= 0.3 is 0 Å². The zero-order valence-electron chi connectivity index (χ0n) is 22.0. The lowest BCUT2D eigenvalue weighted by Crippen LogP contribution is -2.38. The summed E-state index contributed by atoms with van der Waals surface area (Å²) in [6, 6.07) is 12.1. The van der Waals surface area contributed by atoms with Gasteiger partial charge in [0.15, 0.2) is 5.78 Å². The number of aromatic nitrogens is 2. The summed E-state index contributed by atoms with van der Waals surface area (Å²) >= 11 is 0. The first kappa shape index (κ1) is 24.2. The van der Waals surface area contributed by atoms with Gasteiger partial charge in [0, 0.05) is 30.8 Å². The van der Waals surface area contributed by atoms with E-state index >= 15 is 0 Å². The molecule has 3 aromatic rings. The van der Waals surface area contributed by atoms with Gasteiger partial charge in [-0.05, 0) is 81.4 Å². The number of carbonyl (C=O) groups excluding carboxylic acids is 1. The molecule has 0 saturated carbocycles. The fourth-order valence-electron chi connectivity index (χ4n) is 6.06. The molecule has 0 amide bonds. The second-order valence-electron chi connectivity index (χ2n) is 10.7. The van der Waals surface area contributed by atoms with Gasteiger partial charge in [0.2, 0.25) is 0 Å². The quantitative estimate of drug-likeness (QED) is 0.333. The van der Waals surface area contributed by atoms with Crippen LogP contribution in [0, 0.1) is 12.8 Å². The van der Waals surface area contributed by atoms with E-state index in [-0.39, 0.29) is 5.78 Å². The molecule has 2 aliphatic heterocycles. The lowest BCUT2D eigenvalue weighted by molar-refractivity contribution is 0.104. The van der Waals surface area contributed by atoms with Gasteiger partial charge in [-0.3, -0.25) is 14.8 Å². The molecule has 0 unspecified atom stereocenters. The molecule has 37 heavy (non-hydrogen) atoms. The molecule has 0 bridgehead atoms. The average Bonchev–Trinajstić information content (AvgIpc) is 3.65. The molecule has 3 heterocycles. The van der Waals surface area contributed by atoms with Crippen LogP contribution in [0.15, 0.2) is 36.4 Å². The third-order valence-corrected chi connectivity index (χ3v) is 8.34. The Morgan fingerprint density at radius 1 is 1.08 bits per heavy atom. The molecule has 6 rings (SSSR count). The summed E-state index contributed by atoms with van der Waals surface area (Å²) in [5.74, 6) is 1.73. The molecule has 3 aliphatic rings. The molecule has 0 atom stereocenters. The smallest absolute Gasteiger partial charge is 0.200 e. The molecule has 0 spiro atoms. The van der Waals surface area contributed by atoms with E-state index in [1.54, 1.807) is 0 Å². The molecule has 2 aromatic carbocycles. The number of fused-ring (bicyclic) bond motifs is 3. The predicted molar refractivity (Wildman–Crippen MR) is 147 cm³/mol. The highest BCUT2D eigenvalue weighted by atomic mass is 16.5. The highest BCUT2D eigenvalue weighted by Gasteiger charge is 2.35. The van der Waals surface area contributed by atoms with E-state index in [0.717, 1.165) is 64.9 Å². The van der Waals surface area contributed by atoms with E-state index in [9.17, 15) is 4.79 Å². The largest absolute Gasteiger partial charge is 0.492 e. The van der Waals surface area contributed by atoms with Crippen molar-refractivity contribution >= 4 is 11.5 Å². The van der Waals surface area contributed by atoms with Crippen LogP contribution in [0.5, 0.6) is 5.75 Å². The van der Waals surface area contributed by atoms with E-state index < -0.39 is 0 Å². The minimum absolute atomic E-state index is 0.0314. The Labute approximate surface area is 219 Å². The number of hydrazine groups is 1. The van der Waals surface area contributed by atoms with E-state index in [0.29, 0.717) is 17.9 Å². The maximum Gasteiger partial charge on any atom is 0.200 e. The van der Waals surface area contributed by atoms with Crippen molar-refractivity contribution in [3.8, 4) is 28.3 Å². The molecule has 2 saturated heterocycles. The van der Waals surface area contributed by atoms with Gasteiger partial charge in [0.1, 0.15) is 18.1 Å². The van der Waals surface area contributed by atoms with Crippen molar-refractivity contribution in [1.82, 2.24) is 20.1 Å². The van der Waals surface area contributed by atoms with Gasteiger partial charge < -0.3 is 10.2 Å². The van der Waals surface area contributed by atoms with Crippen LogP contribution < -0.4 is 10.2 Å². The molecule has 7 nitrogen and oxygen atoms in total. The number of H-pyrrole nitrogens is 1. The molecular formula is C30H37N5O2. The molecule has 0 radical (unpaired) electrons. The van der Waals surface area contributed by atoms with E-state index in [4.69, 9.17) is 4.74 Å². The second kappa shape index (κ2) is 10.3. The summed E-state index contributed by atoms with van der Waals surface area (Å²) in [7, 11) is 0. The van der Waals surface area contributed by atoms with Gasteiger partial charge in [-0.15, -0.1) is 0 Å². The maximum atomic E-state index is 13.8. The van der Waals surface area contributed by atoms with Gasteiger partial charge in [0.25, 0.3) is 0 Å². The van der Waals surface area contributed by atoms with Crippen LogP contribution in [-0.4, -0.2) is 65.2 Å². The summed E-state index contributed by atoms with van der Waals surface area (Å²) in [6.45, 7) is 10.3. The van der Waals surface area contributed by atoms with Crippen LogP contribution in [-0.2, 0) is 0 Å². The molecule has 2 fully saturated rings. The highest BCUT2D eigenvalue weighted by Crippen LogP contribution is 2.43. The van der Waals surface area contributed by atoms with Crippen LogP contribution in [0.1, 0.15) is 60.5 Å². The molecular weight excluding hydrogens is 462 g/mol. The summed E-state index contributed by atoms with van der Waals surface area (Å²) in [4.78, 5) is 16.2. The van der Waals surface area contributed by atoms with Crippen LogP contribution in [0.2, 0.25) is 0 Å². The summed E-state index contributed by atoms with van der Waals surface area (Å²) in [5.41, 5.74) is 10.3. The maximum absolute atomic E-state index is 13.8. The first-order valence-corrected chi connectivity index (χ1v) is 13.9. The van der Waals surface area contributed by atoms with Crippen molar-refractivity contribution in [3.63, 3.8) is 0 Å². The molecule has 7 heteroatoms. The third kappa shape index (κ3) is 4.66. The lowest BCUT2D eigenvalue weighted by Gasteiger charge is -2.32. The third-order valence-electron chi connectivity index (χ3n) is 8.34. The van der Waals surface area contributed by atoms with Crippen LogP contribution in [0.3, 0.4) is 0 Å². The van der Waals surface area contributed by atoms with E-state index in [1.807, 2.05) is 30.3 Å². The first-order valence-electron chi connectivity index (χ1n) is 13.9. The normalized spacial score (nSPS) is 18.3. The van der Waals surface area contributed by atoms with Crippen molar-refractivity contribution in [2.75, 3.05) is 44.8 Å². The Balaban J connectivity index is 1.20. The Hall–Kier alpha value is -3.16. The Morgan fingerprint density at radius 3 is 2.65 bits per heavy atom. The Bertz CT molecular complexity index is 1290. The van der Waals surface area contributed by atoms with Gasteiger partial charge in [-0.1, -0.05) is 25.5 Å². The summed E-state index contributed by atoms with van der Waals surface area (Å²) < 4.78 is 6.09. The highest BCUT2D eigenvalue weighted by molar-refractivity contribution is 6.26. The van der Waals surface area contributed by atoms with Crippen molar-refractivity contribution in [2.24, 2.45) is 5.92 Å². The molecule has 194 valence electrons. The van der Waals surface area contributed by atoms with Crippen molar-refractivity contribution in [1.29, 1.82) is 0 Å². The Kier molecular flexibility index (Phi) is 6.74. The van der Waals surface area contributed by atoms with E-state index in [1.165, 1.54) is 45.2 Å². The monoisotopic (exact) mass is 499 g/mol. The zero-order chi connectivity index (χ0) is 25.4. The molecule has 1 aromatic heterocycles. The number of hydrogen-bond donors (Lipinski definition) is 2. The van der Waals surface area contributed by atoms with Crippen LogP contribution in [0.25, 0.3) is 22.5 Å². The van der Waals surface area contributed by atoms with Crippen molar-refractivity contribution < 1.29 is 9.53 Å². The number of likely N-dealkylation sites (tertiary alicyclic amines) is 1. The number of benzene rings is 2. The number of ketones is 1. The number of ether oxygens (including phenoxy) is 1. The lowest BCUT2D eigenvalue weighted by atomic mass is 9.95. The summed E-state index contributed by atoms with van der Waals surface area (Å²) in [6.07, 6.45) is 6.20. The van der Waals surface area contributed by atoms with Gasteiger partial charge in [0.05, 0.1) is 22.5 Å². The number of aromatic amines is 1. The van der Waals surface area contributed by atoms with Crippen LogP contribution in [0.4, 0.5) is 5.69 Å². The zero-order valence-corrected chi connectivity index (χ0v) is 22.0. The fraction of sp³-hybridized carbons (Fsp3) is 0.467. The summed E-state index contributed by atoms with van der Waals surface area (Å²) in [5, 5.41) is 10.0. The number of aryl methyl sites for hydroxylation is 1. The number of nitrogens with one attached hydrogen (secondary N) is 2. The number of rotatable bonds is 8. The number of anilines is 1. The molecule has 2 N–H and O–H groups in total. The number of piperidine rings is 1. The number of carbonyl (C=O) groups is 1. The topological polar surface area (TPSA) is 73.5 Å². The number of hydrogen-bond acceptors (Lipinski definition) is 6. The SMILES string of the molecule is CCC1CCN(Nc2cccc3c2C(=O)c2c(-c4ccc(OCCN5CCCC5)c(C)c4)n[nH]c2-3)CC1. The predicted octanol–water partition coefficient (Wildman–Crippen LogP) is 5.52. The van der Waals surface area contributed by atoms with Crippen molar-refractivity contribution in [3.05, 3.63) is 53.1 Å². The van der Waals surface area contributed by atoms with Crippen LogP contribution >= 0.6 is 0 Å². The fourth-order valence-corrected chi connectivity index (χ4v) is 6.06. The van der Waals surface area contributed by atoms with Crippen molar-refractivity contribution in [2.45, 2.75) is 46.0 Å². The first-order chi connectivity index (χ1) is 18.1. The second-order valence-corrected chi connectivity index (χ2v) is 10.7.